The molecule has 3 heterocycles. The average molecular weight is 291 g/mol. The summed E-state index contributed by atoms with van der Waals surface area (Å²) in [5.74, 6) is 2.59. The molecule has 0 saturated carbocycles. The Labute approximate surface area is 123 Å². The predicted molar refractivity (Wildman–Crippen MR) is 75.8 cm³/mol. The Kier molecular flexibility index (Phi) is 4.03. The second kappa shape index (κ2) is 5.95. The lowest BCUT2D eigenvalue weighted by atomic mass is 10.2. The van der Waals surface area contributed by atoms with Crippen molar-refractivity contribution in [1.29, 1.82) is 0 Å². The molecule has 0 bridgehead atoms. The Bertz CT molecular complexity index is 606. The van der Waals surface area contributed by atoms with Gasteiger partial charge in [0.15, 0.2) is 0 Å². The fourth-order valence-electron chi connectivity index (χ4n) is 2.68. The molecule has 7 nitrogen and oxygen atoms in total. The molecule has 2 aromatic heterocycles. The first-order chi connectivity index (χ1) is 10.1. The van der Waals surface area contributed by atoms with Crippen LogP contribution >= 0.6 is 0 Å². The molecule has 1 saturated heterocycles. The first-order valence-corrected chi connectivity index (χ1v) is 7.24. The molecule has 2 aromatic rings. The number of nitrogens with zero attached hydrogens (tertiary/aromatic N) is 5. The third-order valence-corrected chi connectivity index (χ3v) is 3.62. The molecule has 0 radical (unpaired) electrons. The minimum absolute atomic E-state index is 0.131. The molecule has 3 rings (SSSR count). The summed E-state index contributed by atoms with van der Waals surface area (Å²) in [5, 5.41) is 8.45. The number of aryl methyl sites for hydroxylation is 3. The maximum atomic E-state index is 5.85. The fraction of sp³-hybridized carbons (Fsp3) is 0.643. The summed E-state index contributed by atoms with van der Waals surface area (Å²) in [6.45, 7) is 9.83. The molecule has 1 aliphatic heterocycles. The van der Waals surface area contributed by atoms with Gasteiger partial charge in [-0.2, -0.15) is 5.10 Å². The van der Waals surface area contributed by atoms with E-state index in [0.29, 0.717) is 0 Å². The van der Waals surface area contributed by atoms with Crippen molar-refractivity contribution >= 4 is 0 Å². The van der Waals surface area contributed by atoms with Gasteiger partial charge < -0.3 is 9.26 Å². The van der Waals surface area contributed by atoms with Crippen LogP contribution in [-0.2, 0) is 17.8 Å². The van der Waals surface area contributed by atoms with Gasteiger partial charge in [-0.25, -0.2) is 9.67 Å². The lowest BCUT2D eigenvalue weighted by Gasteiger charge is -2.32. The van der Waals surface area contributed by atoms with Crippen molar-refractivity contribution < 1.29 is 9.26 Å². The van der Waals surface area contributed by atoms with Crippen LogP contribution in [0.15, 0.2) is 10.6 Å². The standard InChI is InChI=1S/C14H21N5O2/c1-10-6-13(17-21-10)7-18-4-5-20-14(8-18)9-19-12(3)15-11(2)16-19/h6,14H,4-5,7-9H2,1-3H3/t14-/m1/s1. The van der Waals surface area contributed by atoms with Crippen molar-refractivity contribution in [3.8, 4) is 0 Å². The lowest BCUT2D eigenvalue weighted by molar-refractivity contribution is -0.0410. The molecule has 0 spiro atoms. The number of morpholine rings is 1. The molecule has 21 heavy (non-hydrogen) atoms. The first kappa shape index (κ1) is 14.2. The van der Waals surface area contributed by atoms with Gasteiger partial charge in [-0.1, -0.05) is 5.16 Å². The second-order valence-electron chi connectivity index (χ2n) is 5.55. The van der Waals surface area contributed by atoms with E-state index in [1.807, 2.05) is 31.5 Å². The van der Waals surface area contributed by atoms with E-state index < -0.39 is 0 Å². The van der Waals surface area contributed by atoms with Crippen molar-refractivity contribution in [3.05, 3.63) is 29.2 Å². The summed E-state index contributed by atoms with van der Waals surface area (Å²) >= 11 is 0. The fourth-order valence-corrected chi connectivity index (χ4v) is 2.68. The highest BCUT2D eigenvalue weighted by Crippen LogP contribution is 2.12. The summed E-state index contributed by atoms with van der Waals surface area (Å²) in [4.78, 5) is 6.66. The quantitative estimate of drug-likeness (QED) is 0.840. The normalized spacial score (nSPS) is 20.0. The molecular formula is C14H21N5O2. The summed E-state index contributed by atoms with van der Waals surface area (Å²) in [7, 11) is 0. The van der Waals surface area contributed by atoms with Crippen LogP contribution in [0, 0.1) is 20.8 Å². The topological polar surface area (TPSA) is 69.2 Å². The van der Waals surface area contributed by atoms with Crippen LogP contribution in [-0.4, -0.2) is 50.6 Å². The number of aromatic nitrogens is 4. The van der Waals surface area contributed by atoms with E-state index in [1.165, 1.54) is 0 Å². The Hall–Kier alpha value is -1.73. The highest BCUT2D eigenvalue weighted by molar-refractivity contribution is 5.03. The van der Waals surface area contributed by atoms with Gasteiger partial charge in [0, 0.05) is 25.7 Å². The third kappa shape index (κ3) is 3.48. The summed E-state index contributed by atoms with van der Waals surface area (Å²) < 4.78 is 12.9. The maximum absolute atomic E-state index is 5.85. The van der Waals surface area contributed by atoms with Gasteiger partial charge in [-0.15, -0.1) is 0 Å². The zero-order chi connectivity index (χ0) is 14.8. The van der Waals surface area contributed by atoms with E-state index in [0.717, 1.165) is 55.9 Å². The molecular weight excluding hydrogens is 270 g/mol. The molecule has 0 unspecified atom stereocenters. The van der Waals surface area contributed by atoms with Crippen molar-refractivity contribution in [1.82, 2.24) is 24.8 Å². The molecule has 0 N–H and O–H groups in total. The van der Waals surface area contributed by atoms with Crippen molar-refractivity contribution in [2.24, 2.45) is 0 Å². The second-order valence-corrected chi connectivity index (χ2v) is 5.55. The van der Waals surface area contributed by atoms with E-state index in [1.54, 1.807) is 0 Å². The van der Waals surface area contributed by atoms with Crippen molar-refractivity contribution in [2.75, 3.05) is 19.7 Å². The van der Waals surface area contributed by atoms with Crippen LogP contribution in [0.5, 0.6) is 0 Å². The Balaban J connectivity index is 1.59. The predicted octanol–water partition coefficient (Wildman–Crippen LogP) is 1.09. The highest BCUT2D eigenvalue weighted by Gasteiger charge is 2.22. The van der Waals surface area contributed by atoms with Crippen LogP contribution in [0.2, 0.25) is 0 Å². The number of hydrogen-bond donors (Lipinski definition) is 0. The van der Waals surface area contributed by atoms with E-state index in [4.69, 9.17) is 9.26 Å². The van der Waals surface area contributed by atoms with E-state index >= 15 is 0 Å². The monoisotopic (exact) mass is 291 g/mol. The molecule has 114 valence electrons. The molecule has 0 amide bonds. The Morgan fingerprint density at radius 1 is 1.33 bits per heavy atom. The van der Waals surface area contributed by atoms with E-state index in [9.17, 15) is 0 Å². The molecule has 0 aromatic carbocycles. The van der Waals surface area contributed by atoms with Gasteiger partial charge in [0.05, 0.1) is 24.9 Å². The zero-order valence-electron chi connectivity index (χ0n) is 12.7. The Morgan fingerprint density at radius 2 is 2.19 bits per heavy atom. The lowest BCUT2D eigenvalue weighted by Crippen LogP contribution is -2.44. The summed E-state index contributed by atoms with van der Waals surface area (Å²) in [5.41, 5.74) is 0.973. The molecule has 7 heteroatoms. The van der Waals surface area contributed by atoms with Gasteiger partial charge in [-0.05, 0) is 20.8 Å². The smallest absolute Gasteiger partial charge is 0.147 e. The van der Waals surface area contributed by atoms with Crippen molar-refractivity contribution in [3.63, 3.8) is 0 Å². The molecule has 1 fully saturated rings. The third-order valence-electron chi connectivity index (χ3n) is 3.62. The minimum Gasteiger partial charge on any atom is -0.374 e. The first-order valence-electron chi connectivity index (χ1n) is 7.24. The SMILES string of the molecule is Cc1nc(C)n(C[C@H]2CN(Cc3cc(C)on3)CCO2)n1. The van der Waals surface area contributed by atoms with Gasteiger partial charge in [-0.3, -0.25) is 4.90 Å². The van der Waals surface area contributed by atoms with Crippen LogP contribution in [0.25, 0.3) is 0 Å². The van der Waals surface area contributed by atoms with Crippen LogP contribution in [0.4, 0.5) is 0 Å². The molecule has 0 aliphatic carbocycles. The zero-order valence-corrected chi connectivity index (χ0v) is 12.7. The van der Waals surface area contributed by atoms with Gasteiger partial charge >= 0.3 is 0 Å². The van der Waals surface area contributed by atoms with E-state index in [2.05, 4.69) is 20.1 Å². The van der Waals surface area contributed by atoms with E-state index in [-0.39, 0.29) is 6.10 Å². The van der Waals surface area contributed by atoms with Crippen molar-refractivity contribution in [2.45, 2.75) is 40.0 Å². The average Bonchev–Trinajstić information content (AvgIpc) is 2.96. The Morgan fingerprint density at radius 3 is 2.86 bits per heavy atom. The van der Waals surface area contributed by atoms with Crippen LogP contribution < -0.4 is 0 Å². The van der Waals surface area contributed by atoms with Crippen LogP contribution in [0.3, 0.4) is 0 Å². The van der Waals surface area contributed by atoms with Gasteiger partial charge in [0.1, 0.15) is 17.4 Å². The number of hydrogen-bond acceptors (Lipinski definition) is 6. The number of rotatable bonds is 4. The minimum atomic E-state index is 0.131. The number of ether oxygens (including phenoxy) is 1. The van der Waals surface area contributed by atoms with Crippen LogP contribution in [0.1, 0.15) is 23.1 Å². The summed E-state index contributed by atoms with van der Waals surface area (Å²) in [6, 6.07) is 1.98. The molecule has 1 aliphatic rings. The highest BCUT2D eigenvalue weighted by atomic mass is 16.5. The molecule has 1 atom stereocenters. The maximum Gasteiger partial charge on any atom is 0.147 e. The van der Waals surface area contributed by atoms with Gasteiger partial charge in [0.2, 0.25) is 0 Å². The largest absolute Gasteiger partial charge is 0.374 e. The van der Waals surface area contributed by atoms with Gasteiger partial charge in [0.25, 0.3) is 0 Å². The summed E-state index contributed by atoms with van der Waals surface area (Å²) in [6.07, 6.45) is 0.131.